The zero-order valence-corrected chi connectivity index (χ0v) is 23.8. The second-order valence-corrected chi connectivity index (χ2v) is 10.9. The maximum absolute atomic E-state index is 12.5. The third-order valence-corrected chi connectivity index (χ3v) is 8.12. The summed E-state index contributed by atoms with van der Waals surface area (Å²) in [5.74, 6) is 0.204. The maximum Gasteiger partial charge on any atom is 0.230 e. The van der Waals surface area contributed by atoms with Crippen molar-refractivity contribution >= 4 is 34.4 Å². The van der Waals surface area contributed by atoms with Gasteiger partial charge < -0.3 is 15.5 Å². The number of nitrogens with two attached hydrogens (primary N) is 1. The summed E-state index contributed by atoms with van der Waals surface area (Å²) < 4.78 is 7.41. The summed E-state index contributed by atoms with van der Waals surface area (Å²) in [5, 5.41) is 10.2. The van der Waals surface area contributed by atoms with Gasteiger partial charge in [-0.15, -0.1) is 11.3 Å². The standard InChI is InChI=1S/C33H25N7O2S/c1-20-31(42-19-36-20)23-9-5-10-24(18-23)37-33-35-14-13-25(38-33)29-26-11-2-3-15-40(26)39-30(29)22-8-4-7-21(17-22)28(32(34)41)27-12-6-16-43-27/h2-19,28H,1H3,(H2,34,41)(H,35,37,38). The zero-order chi connectivity index (χ0) is 29.3. The monoisotopic (exact) mass is 583 g/mol. The first-order valence-corrected chi connectivity index (χ1v) is 14.4. The Hall–Kier alpha value is -5.61. The number of benzene rings is 2. The number of carbonyl (C=O) groups excluding carboxylic acids is 1. The molecular formula is C33H25N7O2S. The predicted octanol–water partition coefficient (Wildman–Crippen LogP) is 6.84. The van der Waals surface area contributed by atoms with Gasteiger partial charge in [0.1, 0.15) is 5.69 Å². The number of hydrogen-bond donors (Lipinski definition) is 2. The van der Waals surface area contributed by atoms with E-state index in [0.717, 1.165) is 49.7 Å². The molecule has 7 rings (SSSR count). The first kappa shape index (κ1) is 26.3. The fraction of sp³-hybridized carbons (Fsp3) is 0.0606. The normalized spacial score (nSPS) is 11.9. The molecule has 1 atom stereocenters. The number of aromatic nitrogens is 5. The molecule has 7 aromatic rings. The van der Waals surface area contributed by atoms with Crippen molar-refractivity contribution in [2.75, 3.05) is 5.32 Å². The molecule has 0 aliphatic heterocycles. The number of primary amides is 1. The third-order valence-electron chi connectivity index (χ3n) is 7.18. The smallest absolute Gasteiger partial charge is 0.230 e. The SMILES string of the molecule is Cc1ncoc1-c1cccc(Nc2nccc(-c3c(-c4cccc(C(C(N)=O)c5cccs5)c4)nn4ccccc34)n2)c1. The minimum atomic E-state index is -0.549. The number of carbonyl (C=O) groups is 1. The Balaban J connectivity index is 1.29. The molecule has 1 amide bonds. The molecule has 0 saturated carbocycles. The topological polar surface area (TPSA) is 124 Å². The number of thiophene rings is 1. The second kappa shape index (κ2) is 11.0. The first-order chi connectivity index (χ1) is 21.0. The number of fused-ring (bicyclic) bond motifs is 1. The van der Waals surface area contributed by atoms with Crippen molar-refractivity contribution in [1.82, 2.24) is 24.6 Å². The van der Waals surface area contributed by atoms with E-state index in [2.05, 4.69) is 15.3 Å². The van der Waals surface area contributed by atoms with Crippen LogP contribution in [0.2, 0.25) is 0 Å². The molecule has 5 aromatic heterocycles. The number of anilines is 2. The van der Waals surface area contributed by atoms with Crippen LogP contribution in [0.3, 0.4) is 0 Å². The lowest BCUT2D eigenvalue weighted by molar-refractivity contribution is -0.118. The highest BCUT2D eigenvalue weighted by molar-refractivity contribution is 7.10. The molecule has 3 N–H and O–H groups in total. The summed E-state index contributed by atoms with van der Waals surface area (Å²) in [6, 6.07) is 27.3. The number of hydrogen-bond acceptors (Lipinski definition) is 8. The molecule has 0 bridgehead atoms. The molecule has 10 heteroatoms. The van der Waals surface area contributed by atoms with E-state index in [0.29, 0.717) is 17.4 Å². The van der Waals surface area contributed by atoms with E-state index in [1.165, 1.54) is 17.7 Å². The van der Waals surface area contributed by atoms with Crippen molar-refractivity contribution in [2.45, 2.75) is 12.8 Å². The summed E-state index contributed by atoms with van der Waals surface area (Å²) in [4.78, 5) is 27.0. The van der Waals surface area contributed by atoms with Crippen molar-refractivity contribution in [1.29, 1.82) is 0 Å². The molecule has 43 heavy (non-hydrogen) atoms. The second-order valence-electron chi connectivity index (χ2n) is 9.97. The number of nitrogens with one attached hydrogen (secondary N) is 1. The Bertz CT molecular complexity index is 2080. The van der Waals surface area contributed by atoms with E-state index in [-0.39, 0.29) is 0 Å². The molecular weight excluding hydrogens is 558 g/mol. The number of nitrogens with zero attached hydrogens (tertiary/aromatic N) is 5. The first-order valence-electron chi connectivity index (χ1n) is 13.6. The molecule has 0 aliphatic rings. The van der Waals surface area contributed by atoms with Crippen LogP contribution in [-0.2, 0) is 4.79 Å². The van der Waals surface area contributed by atoms with Crippen LogP contribution in [0.15, 0.2) is 114 Å². The van der Waals surface area contributed by atoms with Crippen LogP contribution < -0.4 is 11.1 Å². The van der Waals surface area contributed by atoms with Crippen LogP contribution >= 0.6 is 11.3 Å². The number of oxazole rings is 1. The third kappa shape index (κ3) is 5.04. The van der Waals surface area contributed by atoms with Gasteiger partial charge in [0, 0.05) is 34.1 Å². The van der Waals surface area contributed by atoms with Gasteiger partial charge in [-0.25, -0.2) is 19.5 Å². The fourth-order valence-corrected chi connectivity index (χ4v) is 6.11. The van der Waals surface area contributed by atoms with Crippen LogP contribution in [0.25, 0.3) is 39.4 Å². The lowest BCUT2D eigenvalue weighted by Gasteiger charge is -2.13. The van der Waals surface area contributed by atoms with Gasteiger partial charge in [0.2, 0.25) is 11.9 Å². The largest absolute Gasteiger partial charge is 0.443 e. The summed E-state index contributed by atoms with van der Waals surface area (Å²) in [6.45, 7) is 1.91. The molecule has 2 aromatic carbocycles. The lowest BCUT2D eigenvalue weighted by atomic mass is 9.93. The zero-order valence-electron chi connectivity index (χ0n) is 23.0. The minimum absolute atomic E-state index is 0.399. The average Bonchev–Trinajstić information content (AvgIpc) is 3.78. The summed E-state index contributed by atoms with van der Waals surface area (Å²) in [7, 11) is 0. The minimum Gasteiger partial charge on any atom is -0.443 e. The Morgan fingerprint density at radius 2 is 1.86 bits per heavy atom. The van der Waals surface area contributed by atoms with Crippen molar-refractivity contribution in [3.05, 3.63) is 125 Å². The van der Waals surface area contributed by atoms with Gasteiger partial charge >= 0.3 is 0 Å². The molecule has 0 spiro atoms. The Morgan fingerprint density at radius 1 is 0.977 bits per heavy atom. The van der Waals surface area contributed by atoms with E-state index in [4.69, 9.17) is 20.2 Å². The average molecular weight is 584 g/mol. The molecule has 9 nitrogen and oxygen atoms in total. The lowest BCUT2D eigenvalue weighted by Crippen LogP contribution is -2.21. The summed E-state index contributed by atoms with van der Waals surface area (Å²) in [5.41, 5.74) is 13.2. The van der Waals surface area contributed by atoms with Gasteiger partial charge in [0.05, 0.1) is 28.4 Å². The quantitative estimate of drug-likeness (QED) is 0.201. The highest BCUT2D eigenvalue weighted by Crippen LogP contribution is 2.37. The Kier molecular flexibility index (Phi) is 6.72. The van der Waals surface area contributed by atoms with Crippen molar-refractivity contribution in [3.8, 4) is 33.8 Å². The van der Waals surface area contributed by atoms with E-state index >= 15 is 0 Å². The summed E-state index contributed by atoms with van der Waals surface area (Å²) in [6.07, 6.45) is 5.07. The highest BCUT2D eigenvalue weighted by atomic mass is 32.1. The van der Waals surface area contributed by atoms with E-state index < -0.39 is 11.8 Å². The maximum atomic E-state index is 12.5. The Labute approximate surface area is 250 Å². The number of pyridine rings is 1. The van der Waals surface area contributed by atoms with Crippen molar-refractivity contribution in [3.63, 3.8) is 0 Å². The molecule has 5 heterocycles. The fourth-order valence-electron chi connectivity index (χ4n) is 5.25. The van der Waals surface area contributed by atoms with E-state index in [1.54, 1.807) is 6.20 Å². The van der Waals surface area contributed by atoms with Crippen LogP contribution in [0.5, 0.6) is 0 Å². The highest BCUT2D eigenvalue weighted by Gasteiger charge is 2.24. The van der Waals surface area contributed by atoms with Gasteiger partial charge in [-0.2, -0.15) is 5.10 Å². The predicted molar refractivity (Wildman–Crippen MR) is 167 cm³/mol. The van der Waals surface area contributed by atoms with Gasteiger partial charge in [-0.05, 0) is 60.3 Å². The number of rotatable bonds is 8. The van der Waals surface area contributed by atoms with Gasteiger partial charge in [0.15, 0.2) is 12.2 Å². The van der Waals surface area contributed by atoms with Gasteiger partial charge in [-0.1, -0.05) is 42.5 Å². The molecule has 0 radical (unpaired) electrons. The van der Waals surface area contributed by atoms with Crippen molar-refractivity contribution < 1.29 is 9.21 Å². The van der Waals surface area contributed by atoms with E-state index in [1.807, 2.05) is 108 Å². The van der Waals surface area contributed by atoms with Gasteiger partial charge in [-0.3, -0.25) is 4.79 Å². The van der Waals surface area contributed by atoms with Crippen LogP contribution in [0.1, 0.15) is 22.1 Å². The van der Waals surface area contributed by atoms with Crippen LogP contribution in [0.4, 0.5) is 11.6 Å². The molecule has 0 saturated heterocycles. The van der Waals surface area contributed by atoms with Gasteiger partial charge in [0.25, 0.3) is 0 Å². The van der Waals surface area contributed by atoms with Crippen LogP contribution in [-0.4, -0.2) is 30.5 Å². The molecule has 0 aliphatic carbocycles. The van der Waals surface area contributed by atoms with E-state index in [9.17, 15) is 4.79 Å². The number of aryl methyl sites for hydroxylation is 1. The van der Waals surface area contributed by atoms with Crippen LogP contribution in [0, 0.1) is 6.92 Å². The number of amides is 1. The molecule has 210 valence electrons. The Morgan fingerprint density at radius 3 is 2.67 bits per heavy atom. The molecule has 1 unspecified atom stereocenters. The molecule has 0 fully saturated rings. The van der Waals surface area contributed by atoms with Crippen molar-refractivity contribution in [2.24, 2.45) is 5.73 Å². The summed E-state index contributed by atoms with van der Waals surface area (Å²) >= 11 is 1.51.